The first-order valence-electron chi connectivity index (χ1n) is 22.9. The van der Waals surface area contributed by atoms with Crippen molar-refractivity contribution in [2.45, 2.75) is 259 Å². The van der Waals surface area contributed by atoms with E-state index in [2.05, 4.69) is 59.9 Å². The van der Waals surface area contributed by atoms with Gasteiger partial charge in [-0.05, 0) is 88.9 Å². The molecule has 290 valence electrons. The summed E-state index contributed by atoms with van der Waals surface area (Å²) in [5.41, 5.74) is 3.18. The van der Waals surface area contributed by atoms with Crippen LogP contribution in [0, 0.1) is 17.8 Å². The highest BCUT2D eigenvalue weighted by atomic mass is 14.1. The normalized spacial score (nSPS) is 13.9. The van der Waals surface area contributed by atoms with Crippen LogP contribution in [0.25, 0.3) is 0 Å². The van der Waals surface area contributed by atoms with Gasteiger partial charge in [-0.1, -0.05) is 212 Å². The maximum Gasteiger partial charge on any atom is -0.0231 e. The van der Waals surface area contributed by atoms with Crippen molar-refractivity contribution in [3.63, 3.8) is 0 Å². The predicted octanol–water partition coefficient (Wildman–Crippen LogP) is 18.3. The van der Waals surface area contributed by atoms with Gasteiger partial charge in [0, 0.05) is 0 Å². The second-order valence-corrected chi connectivity index (χ2v) is 16.8. The van der Waals surface area contributed by atoms with Gasteiger partial charge in [0.05, 0.1) is 0 Å². The van der Waals surface area contributed by atoms with Crippen molar-refractivity contribution in [2.75, 3.05) is 0 Å². The minimum atomic E-state index is 0.765. The monoisotopic (exact) mass is 683 g/mol. The van der Waals surface area contributed by atoms with Gasteiger partial charge in [0.15, 0.2) is 0 Å². The highest BCUT2D eigenvalue weighted by Gasteiger charge is 2.09. The zero-order valence-electron chi connectivity index (χ0n) is 35.0. The van der Waals surface area contributed by atoms with Gasteiger partial charge in [-0.3, -0.25) is 0 Å². The van der Waals surface area contributed by atoms with E-state index in [1.165, 1.54) is 230 Å². The van der Waals surface area contributed by atoms with Gasteiger partial charge < -0.3 is 0 Å². The molecule has 0 heterocycles. The standard InChI is InChI=1S/C49H94/c1-8-12-28-39-47(11-4)40-31-25-22-19-23-27-33-43-49(44-48(38-14-10-3)41-29-13-9-2)42-32-26-21-18-16-15-17-20-24-30-36-46(7)37-34-35-45(5)6/h11,44,46-48H,4-5,8-10,12-43H2,1-3,6-7H3. The summed E-state index contributed by atoms with van der Waals surface area (Å²) in [7, 11) is 0. The Bertz CT molecular complexity index is 712. The van der Waals surface area contributed by atoms with Gasteiger partial charge in [0.25, 0.3) is 0 Å². The molecule has 0 aliphatic rings. The van der Waals surface area contributed by atoms with Gasteiger partial charge in [-0.15, -0.1) is 13.2 Å². The lowest BCUT2D eigenvalue weighted by molar-refractivity contribution is 0.442. The van der Waals surface area contributed by atoms with Crippen molar-refractivity contribution >= 4 is 0 Å². The quantitative estimate of drug-likeness (QED) is 0.0446. The van der Waals surface area contributed by atoms with Crippen molar-refractivity contribution in [2.24, 2.45) is 17.8 Å². The molecule has 0 saturated heterocycles. The van der Waals surface area contributed by atoms with Crippen LogP contribution < -0.4 is 0 Å². The molecule has 0 aromatic carbocycles. The zero-order chi connectivity index (χ0) is 36.0. The summed E-state index contributed by atoms with van der Waals surface area (Å²) in [5, 5.41) is 0. The smallest absolute Gasteiger partial charge is 0.0231 e. The fraction of sp³-hybridized carbons (Fsp3) is 0.878. The van der Waals surface area contributed by atoms with Crippen LogP contribution in [-0.4, -0.2) is 0 Å². The maximum atomic E-state index is 4.11. The minimum Gasteiger partial charge on any atom is -0.103 e. The van der Waals surface area contributed by atoms with Crippen molar-refractivity contribution < 1.29 is 0 Å². The third-order valence-electron chi connectivity index (χ3n) is 11.4. The molecule has 0 nitrogen and oxygen atoms in total. The molecule has 0 aromatic heterocycles. The summed E-state index contributed by atoms with van der Waals surface area (Å²) in [6.07, 6.45) is 54.3. The number of unbranched alkanes of at least 4 members (excludes halogenated alkanes) is 20. The second-order valence-electron chi connectivity index (χ2n) is 16.8. The minimum absolute atomic E-state index is 0.765. The van der Waals surface area contributed by atoms with Gasteiger partial charge >= 0.3 is 0 Å². The van der Waals surface area contributed by atoms with Crippen LogP contribution in [0.3, 0.4) is 0 Å². The molecule has 0 heteroatoms. The van der Waals surface area contributed by atoms with Crippen LogP contribution >= 0.6 is 0 Å². The molecule has 0 fully saturated rings. The lowest BCUT2D eigenvalue weighted by Gasteiger charge is -2.16. The highest BCUT2D eigenvalue weighted by molar-refractivity contribution is 5.05. The van der Waals surface area contributed by atoms with Gasteiger partial charge in [-0.2, -0.15) is 0 Å². The van der Waals surface area contributed by atoms with E-state index < -0.39 is 0 Å². The molecule has 0 rings (SSSR count). The third-order valence-corrected chi connectivity index (χ3v) is 11.4. The number of hydrogen-bond acceptors (Lipinski definition) is 0. The Morgan fingerprint density at radius 3 is 1.24 bits per heavy atom. The summed E-state index contributed by atoms with van der Waals surface area (Å²) in [4.78, 5) is 0. The largest absolute Gasteiger partial charge is 0.103 e. The molecule has 49 heavy (non-hydrogen) atoms. The van der Waals surface area contributed by atoms with Crippen LogP contribution in [0.2, 0.25) is 0 Å². The predicted molar refractivity (Wildman–Crippen MR) is 228 cm³/mol. The van der Waals surface area contributed by atoms with Crippen molar-refractivity contribution in [3.8, 4) is 0 Å². The second kappa shape index (κ2) is 38.5. The third kappa shape index (κ3) is 35.4. The molecular formula is C49H94. The molecule has 0 aromatic rings. The van der Waals surface area contributed by atoms with Crippen molar-refractivity contribution in [1.29, 1.82) is 0 Å². The molecular weight excluding hydrogens is 589 g/mol. The Hall–Kier alpha value is -0.780. The van der Waals surface area contributed by atoms with Gasteiger partial charge in [-0.25, -0.2) is 0 Å². The van der Waals surface area contributed by atoms with Crippen molar-refractivity contribution in [1.82, 2.24) is 0 Å². The number of rotatable bonds is 40. The van der Waals surface area contributed by atoms with E-state index in [-0.39, 0.29) is 0 Å². The molecule has 3 unspecified atom stereocenters. The van der Waals surface area contributed by atoms with Crippen LogP contribution in [0.1, 0.15) is 259 Å². The number of allylic oxidation sites excluding steroid dienone is 4. The summed E-state index contributed by atoms with van der Waals surface area (Å²) in [6, 6.07) is 0. The average Bonchev–Trinajstić information content (AvgIpc) is 3.09. The first-order valence-corrected chi connectivity index (χ1v) is 22.9. The van der Waals surface area contributed by atoms with Crippen LogP contribution in [0.15, 0.2) is 36.5 Å². The Labute approximate surface area is 312 Å². The SMILES string of the molecule is C=CC(CCCCC)CCCCCCCCCC(=CC(CCCC)CCCCC)CCCCCCCCCCCCC(C)CCCC(=C)C. The molecule has 0 aliphatic heterocycles. The lowest BCUT2D eigenvalue weighted by atomic mass is 9.90. The van der Waals surface area contributed by atoms with E-state index in [1.807, 2.05) is 5.57 Å². The molecule has 0 N–H and O–H groups in total. The first-order chi connectivity index (χ1) is 24.0. The summed E-state index contributed by atoms with van der Waals surface area (Å²) in [6.45, 7) is 19.8. The molecule has 0 aliphatic carbocycles. The number of hydrogen-bond donors (Lipinski definition) is 0. The van der Waals surface area contributed by atoms with E-state index in [0.717, 1.165) is 17.8 Å². The molecule has 0 bridgehead atoms. The van der Waals surface area contributed by atoms with E-state index in [1.54, 1.807) is 0 Å². The van der Waals surface area contributed by atoms with E-state index in [4.69, 9.17) is 0 Å². The maximum absolute atomic E-state index is 4.11. The molecule has 0 saturated carbocycles. The molecule has 0 radical (unpaired) electrons. The molecule has 3 atom stereocenters. The Morgan fingerprint density at radius 1 is 0.429 bits per heavy atom. The average molecular weight is 683 g/mol. The van der Waals surface area contributed by atoms with E-state index in [9.17, 15) is 0 Å². The van der Waals surface area contributed by atoms with Gasteiger partial charge in [0.1, 0.15) is 0 Å². The zero-order valence-corrected chi connectivity index (χ0v) is 35.0. The van der Waals surface area contributed by atoms with Crippen LogP contribution in [0.4, 0.5) is 0 Å². The lowest BCUT2D eigenvalue weighted by Crippen LogP contribution is -2.00. The topological polar surface area (TPSA) is 0 Å². The van der Waals surface area contributed by atoms with Gasteiger partial charge in [0.2, 0.25) is 0 Å². The van der Waals surface area contributed by atoms with Crippen LogP contribution in [-0.2, 0) is 0 Å². The molecule has 0 spiro atoms. The Balaban J connectivity index is 4.29. The fourth-order valence-electron chi connectivity index (χ4n) is 7.89. The van der Waals surface area contributed by atoms with E-state index in [0.29, 0.717) is 0 Å². The van der Waals surface area contributed by atoms with E-state index >= 15 is 0 Å². The Kier molecular flexibility index (Phi) is 37.8. The summed E-state index contributed by atoms with van der Waals surface area (Å²) >= 11 is 0. The molecule has 0 amide bonds. The highest BCUT2D eigenvalue weighted by Crippen LogP contribution is 2.26. The summed E-state index contributed by atoms with van der Waals surface area (Å²) < 4.78 is 0. The van der Waals surface area contributed by atoms with Crippen molar-refractivity contribution in [3.05, 3.63) is 36.5 Å². The summed E-state index contributed by atoms with van der Waals surface area (Å²) in [5.74, 6) is 2.51. The Morgan fingerprint density at radius 2 is 0.796 bits per heavy atom. The first kappa shape index (κ1) is 48.2. The fourth-order valence-corrected chi connectivity index (χ4v) is 7.89. The van der Waals surface area contributed by atoms with Crippen LogP contribution in [0.5, 0.6) is 0 Å².